The normalized spacial score (nSPS) is 21.1. The number of H-pyrrole nitrogens is 2. The SMILES string of the molecule is CC[C@@H](C)[C@H](NC(=O)OC)C(=O)N1C[C@@H](C)C[C@H]1c1ncc(-c2ccc3c(c2)COc2cc4c(ccc5[nH]c([C@@H]6C[C@H](COC)CN6C(=O)[C@@H](NC(=O)OC)[C@H](C)OC)nc54)cc2-3)[nH]1. The Morgan fingerprint density at radius 2 is 1.58 bits per heavy atom. The number of nitrogens with zero attached hydrogens (tertiary/aromatic N) is 4. The lowest BCUT2D eigenvalue weighted by Gasteiger charge is -2.30. The molecule has 4 amide bonds. The number of carbonyl (C=O) groups is 4. The van der Waals surface area contributed by atoms with Crippen LogP contribution >= 0.6 is 0 Å². The van der Waals surface area contributed by atoms with E-state index in [9.17, 15) is 19.2 Å². The summed E-state index contributed by atoms with van der Waals surface area (Å²) in [7, 11) is 5.69. The largest absolute Gasteiger partial charge is 0.488 e. The molecule has 17 heteroatoms. The highest BCUT2D eigenvalue weighted by molar-refractivity contribution is 6.07. The predicted octanol–water partition coefficient (Wildman–Crippen LogP) is 6.64. The molecule has 5 aromatic rings. The Bertz CT molecular complexity index is 2560. The number of aromatic amines is 2. The van der Waals surface area contributed by atoms with E-state index >= 15 is 0 Å². The van der Waals surface area contributed by atoms with Gasteiger partial charge < -0.3 is 54.1 Å². The van der Waals surface area contributed by atoms with Crippen molar-refractivity contribution in [3.05, 3.63) is 65.9 Å². The Hall–Kier alpha value is -6.20. The number of nitrogens with one attached hydrogen (secondary N) is 4. The third-order valence-corrected chi connectivity index (χ3v) is 13.3. The fourth-order valence-electron chi connectivity index (χ4n) is 9.54. The summed E-state index contributed by atoms with van der Waals surface area (Å²) in [4.78, 5) is 73.1. The molecule has 3 aliphatic heterocycles. The fourth-order valence-corrected chi connectivity index (χ4v) is 9.54. The summed E-state index contributed by atoms with van der Waals surface area (Å²) in [5.41, 5.74) is 6.43. The summed E-state index contributed by atoms with van der Waals surface area (Å²) in [5, 5.41) is 7.33. The summed E-state index contributed by atoms with van der Waals surface area (Å²) < 4.78 is 27.1. The number of benzene rings is 3. The predicted molar refractivity (Wildman–Crippen MR) is 238 cm³/mol. The van der Waals surface area contributed by atoms with E-state index < -0.39 is 36.4 Å². The van der Waals surface area contributed by atoms with E-state index in [1.165, 1.54) is 21.3 Å². The first-order valence-corrected chi connectivity index (χ1v) is 21.9. The molecule has 2 saturated heterocycles. The number of rotatable bonds is 13. The molecule has 8 rings (SSSR count). The van der Waals surface area contributed by atoms with E-state index in [4.69, 9.17) is 33.7 Å². The van der Waals surface area contributed by atoms with Crippen LogP contribution in [0, 0.1) is 17.8 Å². The van der Waals surface area contributed by atoms with Gasteiger partial charge in [0.15, 0.2) is 0 Å². The van der Waals surface area contributed by atoms with Gasteiger partial charge in [-0.15, -0.1) is 0 Å². The van der Waals surface area contributed by atoms with Crippen molar-refractivity contribution >= 4 is 45.8 Å². The van der Waals surface area contributed by atoms with Gasteiger partial charge in [-0.05, 0) is 77.9 Å². The molecule has 340 valence electrons. The molecule has 2 fully saturated rings. The second-order valence-corrected chi connectivity index (χ2v) is 17.5. The molecule has 2 aromatic heterocycles. The second kappa shape index (κ2) is 18.5. The molecule has 17 nitrogen and oxygen atoms in total. The lowest BCUT2D eigenvalue weighted by atomic mass is 9.92. The number of fused-ring (bicyclic) bond motifs is 6. The van der Waals surface area contributed by atoms with Crippen LogP contribution in [0.25, 0.3) is 44.2 Å². The van der Waals surface area contributed by atoms with Crippen molar-refractivity contribution in [2.24, 2.45) is 17.8 Å². The highest BCUT2D eigenvalue weighted by Gasteiger charge is 2.43. The highest BCUT2D eigenvalue weighted by atomic mass is 16.5. The van der Waals surface area contributed by atoms with Crippen molar-refractivity contribution in [2.75, 3.05) is 48.1 Å². The van der Waals surface area contributed by atoms with Gasteiger partial charge in [0.05, 0.1) is 61.9 Å². The van der Waals surface area contributed by atoms with Crippen molar-refractivity contribution < 1.29 is 42.9 Å². The maximum absolute atomic E-state index is 14.1. The van der Waals surface area contributed by atoms with Crippen molar-refractivity contribution in [1.29, 1.82) is 0 Å². The van der Waals surface area contributed by atoms with E-state index in [2.05, 4.69) is 57.9 Å². The quantitative estimate of drug-likeness (QED) is 0.0988. The maximum Gasteiger partial charge on any atom is 0.407 e. The third kappa shape index (κ3) is 8.45. The number of methoxy groups -OCH3 is 4. The van der Waals surface area contributed by atoms with Gasteiger partial charge in [0, 0.05) is 44.2 Å². The topological polar surface area (TPSA) is 202 Å². The van der Waals surface area contributed by atoms with Crippen LogP contribution < -0.4 is 15.4 Å². The number of alkyl carbamates (subject to hydrolysis) is 2. The van der Waals surface area contributed by atoms with Crippen LogP contribution in [0.4, 0.5) is 9.59 Å². The minimum absolute atomic E-state index is 0.0552. The van der Waals surface area contributed by atoms with Gasteiger partial charge in [0.1, 0.15) is 36.1 Å². The van der Waals surface area contributed by atoms with Gasteiger partial charge in [-0.25, -0.2) is 19.6 Å². The smallest absolute Gasteiger partial charge is 0.407 e. The van der Waals surface area contributed by atoms with Gasteiger partial charge in [-0.2, -0.15) is 0 Å². The molecule has 0 saturated carbocycles. The number of hydrogen-bond acceptors (Lipinski definition) is 11. The van der Waals surface area contributed by atoms with E-state index in [0.29, 0.717) is 50.8 Å². The van der Waals surface area contributed by atoms with E-state index in [-0.39, 0.29) is 35.6 Å². The van der Waals surface area contributed by atoms with Gasteiger partial charge >= 0.3 is 12.2 Å². The molecule has 0 radical (unpaired) electrons. The average molecular weight is 879 g/mol. The zero-order chi connectivity index (χ0) is 45.4. The van der Waals surface area contributed by atoms with E-state index in [0.717, 1.165) is 61.9 Å². The monoisotopic (exact) mass is 878 g/mol. The Morgan fingerprint density at radius 3 is 2.30 bits per heavy atom. The molecule has 0 unspecified atom stereocenters. The molecule has 0 bridgehead atoms. The number of carbonyl (C=O) groups excluding carboxylic acids is 4. The van der Waals surface area contributed by atoms with Crippen LogP contribution in [0.5, 0.6) is 5.75 Å². The molecule has 0 spiro atoms. The molecular formula is C47H58N8O9. The summed E-state index contributed by atoms with van der Waals surface area (Å²) in [6.07, 6.45) is 1.93. The Kier molecular flexibility index (Phi) is 12.8. The number of aromatic nitrogens is 4. The van der Waals surface area contributed by atoms with Gasteiger partial charge in [-0.3, -0.25) is 9.59 Å². The summed E-state index contributed by atoms with van der Waals surface area (Å²) in [5.74, 6) is 1.88. The van der Waals surface area contributed by atoms with Crippen molar-refractivity contribution in [3.63, 3.8) is 0 Å². The van der Waals surface area contributed by atoms with E-state index in [1.54, 1.807) is 18.9 Å². The lowest BCUT2D eigenvalue weighted by molar-refractivity contribution is -0.138. The number of ether oxygens (including phenoxy) is 5. The van der Waals surface area contributed by atoms with Crippen LogP contribution in [0.2, 0.25) is 0 Å². The Balaban J connectivity index is 1.05. The molecule has 3 aliphatic rings. The van der Waals surface area contributed by atoms with Gasteiger partial charge in [-0.1, -0.05) is 45.4 Å². The third-order valence-electron chi connectivity index (χ3n) is 13.3. The van der Waals surface area contributed by atoms with Crippen molar-refractivity contribution in [2.45, 2.75) is 83.8 Å². The first-order chi connectivity index (χ1) is 30.8. The Morgan fingerprint density at radius 1 is 0.859 bits per heavy atom. The average Bonchev–Trinajstić information content (AvgIpc) is 4.14. The molecule has 5 heterocycles. The minimum Gasteiger partial charge on any atom is -0.488 e. The summed E-state index contributed by atoms with van der Waals surface area (Å²) >= 11 is 0. The number of hydrogen-bond donors (Lipinski definition) is 4. The molecule has 4 N–H and O–H groups in total. The number of amides is 4. The zero-order valence-corrected chi connectivity index (χ0v) is 37.7. The van der Waals surface area contributed by atoms with Crippen molar-refractivity contribution in [3.8, 4) is 28.1 Å². The molecule has 3 aromatic carbocycles. The lowest BCUT2D eigenvalue weighted by Crippen LogP contribution is -2.54. The van der Waals surface area contributed by atoms with Gasteiger partial charge in [0.2, 0.25) is 11.8 Å². The standard InChI is InChI=1S/C47H58N8O9/c1-9-25(3)39(52-46(58)62-7)44(56)54-20-24(2)14-36(54)42-48-19-35(50-42)29-10-12-31-30(16-29)23-64-38-18-32-28(17-33(31)38)11-13-34-41(32)51-43(49-34)37-15-27(22-60-5)21-55(37)45(57)40(26(4)61-6)53-47(59)63-8/h10-13,16-19,24-27,36-37,39-40H,9,14-15,20-23H2,1-8H3,(H,48,50)(H,49,51)(H,52,58)(H,53,59)/t24-,25+,26-,27-,36-,37-,39-,40-/m0/s1. The first-order valence-electron chi connectivity index (χ1n) is 21.9. The first kappa shape index (κ1) is 44.4. The number of likely N-dealkylation sites (tertiary alicyclic amines) is 2. The maximum atomic E-state index is 14.1. The van der Waals surface area contributed by atoms with Crippen LogP contribution in [-0.4, -0.2) is 120 Å². The summed E-state index contributed by atoms with van der Waals surface area (Å²) in [6.45, 7) is 9.61. The molecular weight excluding hydrogens is 821 g/mol. The fraction of sp³-hybridized carbons (Fsp3) is 0.489. The van der Waals surface area contributed by atoms with Crippen LogP contribution in [0.1, 0.15) is 76.3 Å². The molecule has 0 aliphatic carbocycles. The van der Waals surface area contributed by atoms with Gasteiger partial charge in [0.25, 0.3) is 0 Å². The highest BCUT2D eigenvalue weighted by Crippen LogP contribution is 2.44. The second-order valence-electron chi connectivity index (χ2n) is 17.5. The number of imidazole rings is 2. The van der Waals surface area contributed by atoms with Crippen LogP contribution in [-0.2, 0) is 35.1 Å². The molecule has 64 heavy (non-hydrogen) atoms. The summed E-state index contributed by atoms with van der Waals surface area (Å²) in [6, 6.07) is 12.2. The van der Waals surface area contributed by atoms with E-state index in [1.807, 2.05) is 37.1 Å². The van der Waals surface area contributed by atoms with Crippen molar-refractivity contribution in [1.82, 2.24) is 40.4 Å². The zero-order valence-electron chi connectivity index (χ0n) is 37.7. The van der Waals surface area contributed by atoms with Crippen LogP contribution in [0.3, 0.4) is 0 Å². The molecule has 8 atom stereocenters. The van der Waals surface area contributed by atoms with Crippen LogP contribution in [0.15, 0.2) is 48.7 Å². The minimum atomic E-state index is -0.971. The Labute approximate surface area is 371 Å².